The average molecular weight is 265 g/mol. The van der Waals surface area contributed by atoms with Gasteiger partial charge in [-0.1, -0.05) is 6.92 Å². The molecule has 0 unspecified atom stereocenters. The zero-order valence-corrected chi connectivity index (χ0v) is 9.89. The van der Waals surface area contributed by atoms with Gasteiger partial charge in [-0.3, -0.25) is 4.79 Å². The number of ketones is 1. The third kappa shape index (κ3) is 2.61. The Labute approximate surface area is 88.7 Å². The van der Waals surface area contributed by atoms with Gasteiger partial charge < -0.3 is 0 Å². The van der Waals surface area contributed by atoms with Crippen LogP contribution in [0.2, 0.25) is 0 Å². The molecular formula is C8H9BrOS2. The molecule has 0 aliphatic rings. The molecular weight excluding hydrogens is 256 g/mol. The number of carbonyl (C=O) groups is 1. The third-order valence-electron chi connectivity index (χ3n) is 1.35. The van der Waals surface area contributed by atoms with Gasteiger partial charge in [-0.15, -0.1) is 0 Å². The minimum Gasteiger partial charge on any atom is -0.293 e. The number of thioether (sulfide) groups is 1. The SMILES string of the molecule is CCSCC(=O)c1cscc1Br. The summed E-state index contributed by atoms with van der Waals surface area (Å²) in [6.07, 6.45) is 0. The lowest BCUT2D eigenvalue weighted by molar-refractivity contribution is 0.102. The van der Waals surface area contributed by atoms with Crippen molar-refractivity contribution in [3.63, 3.8) is 0 Å². The molecule has 4 heteroatoms. The Morgan fingerprint density at radius 2 is 2.42 bits per heavy atom. The van der Waals surface area contributed by atoms with Crippen LogP contribution >= 0.6 is 39.0 Å². The minimum atomic E-state index is 0.218. The second-order valence-corrected chi connectivity index (χ2v) is 5.07. The molecule has 0 aliphatic carbocycles. The summed E-state index contributed by atoms with van der Waals surface area (Å²) in [4.78, 5) is 11.4. The van der Waals surface area contributed by atoms with Crippen molar-refractivity contribution in [1.82, 2.24) is 0 Å². The number of hydrogen-bond donors (Lipinski definition) is 0. The smallest absolute Gasteiger partial charge is 0.174 e. The van der Waals surface area contributed by atoms with E-state index in [9.17, 15) is 4.79 Å². The van der Waals surface area contributed by atoms with E-state index in [1.165, 1.54) is 0 Å². The Morgan fingerprint density at radius 3 is 2.92 bits per heavy atom. The van der Waals surface area contributed by atoms with Crippen molar-refractivity contribution in [3.8, 4) is 0 Å². The van der Waals surface area contributed by atoms with Gasteiger partial charge in [0.1, 0.15) is 0 Å². The van der Waals surface area contributed by atoms with Gasteiger partial charge in [0.05, 0.1) is 5.75 Å². The molecule has 0 radical (unpaired) electrons. The number of carbonyl (C=O) groups excluding carboxylic acids is 1. The Balaban J connectivity index is 2.59. The van der Waals surface area contributed by atoms with Crippen LogP contribution in [0.1, 0.15) is 17.3 Å². The quantitative estimate of drug-likeness (QED) is 0.776. The van der Waals surface area contributed by atoms with E-state index < -0.39 is 0 Å². The molecule has 0 amide bonds. The number of thiophene rings is 1. The predicted octanol–water partition coefficient (Wildman–Crippen LogP) is 3.45. The van der Waals surface area contributed by atoms with Crippen molar-refractivity contribution >= 4 is 44.8 Å². The van der Waals surface area contributed by atoms with Gasteiger partial charge in [0.15, 0.2) is 5.78 Å². The highest BCUT2D eigenvalue weighted by Gasteiger charge is 2.09. The topological polar surface area (TPSA) is 17.1 Å². The lowest BCUT2D eigenvalue weighted by Gasteiger charge is -1.96. The Kier molecular flexibility index (Phi) is 4.32. The largest absolute Gasteiger partial charge is 0.293 e. The summed E-state index contributed by atoms with van der Waals surface area (Å²) < 4.78 is 0.925. The molecule has 1 heterocycles. The first-order valence-corrected chi connectivity index (χ1v) is 6.47. The van der Waals surface area contributed by atoms with E-state index in [1.807, 2.05) is 10.8 Å². The predicted molar refractivity (Wildman–Crippen MR) is 59.3 cm³/mol. The summed E-state index contributed by atoms with van der Waals surface area (Å²) in [5, 5.41) is 3.83. The molecule has 0 N–H and O–H groups in total. The molecule has 1 aromatic rings. The van der Waals surface area contributed by atoms with Crippen LogP contribution in [0.3, 0.4) is 0 Å². The van der Waals surface area contributed by atoms with Crippen molar-refractivity contribution in [2.24, 2.45) is 0 Å². The zero-order valence-electron chi connectivity index (χ0n) is 6.67. The highest BCUT2D eigenvalue weighted by atomic mass is 79.9. The van der Waals surface area contributed by atoms with Crippen LogP contribution in [0.25, 0.3) is 0 Å². The van der Waals surface area contributed by atoms with E-state index in [4.69, 9.17) is 0 Å². The third-order valence-corrected chi connectivity index (χ3v) is 3.93. The van der Waals surface area contributed by atoms with Gasteiger partial charge in [-0.05, 0) is 21.7 Å². The van der Waals surface area contributed by atoms with Crippen LogP contribution < -0.4 is 0 Å². The first kappa shape index (κ1) is 10.3. The van der Waals surface area contributed by atoms with Crippen LogP contribution in [0.15, 0.2) is 15.2 Å². The van der Waals surface area contributed by atoms with Gasteiger partial charge >= 0.3 is 0 Å². The van der Waals surface area contributed by atoms with E-state index in [2.05, 4.69) is 22.9 Å². The van der Waals surface area contributed by atoms with Gasteiger partial charge in [0, 0.05) is 20.8 Å². The molecule has 0 atom stereocenters. The fraction of sp³-hybridized carbons (Fsp3) is 0.375. The summed E-state index contributed by atoms with van der Waals surface area (Å²) in [5.74, 6) is 1.80. The molecule has 12 heavy (non-hydrogen) atoms. The van der Waals surface area contributed by atoms with Crippen LogP contribution in [-0.4, -0.2) is 17.3 Å². The average Bonchev–Trinajstić information content (AvgIpc) is 2.47. The van der Waals surface area contributed by atoms with Crippen LogP contribution in [0.4, 0.5) is 0 Å². The first-order valence-electron chi connectivity index (χ1n) is 3.58. The molecule has 0 aromatic carbocycles. The lowest BCUT2D eigenvalue weighted by Crippen LogP contribution is -2.01. The van der Waals surface area contributed by atoms with Crippen LogP contribution in [-0.2, 0) is 0 Å². The minimum absolute atomic E-state index is 0.218. The Morgan fingerprint density at radius 1 is 1.67 bits per heavy atom. The van der Waals surface area contributed by atoms with Crippen LogP contribution in [0, 0.1) is 0 Å². The number of rotatable bonds is 4. The Bertz CT molecular complexity index is 270. The van der Waals surface area contributed by atoms with Crippen molar-refractivity contribution in [3.05, 3.63) is 20.8 Å². The highest BCUT2D eigenvalue weighted by Crippen LogP contribution is 2.22. The summed E-state index contributed by atoms with van der Waals surface area (Å²) >= 11 is 6.55. The Hall–Kier alpha value is 0.200. The lowest BCUT2D eigenvalue weighted by atomic mass is 10.2. The second-order valence-electron chi connectivity index (χ2n) is 2.19. The molecule has 0 saturated carbocycles. The van der Waals surface area contributed by atoms with Crippen molar-refractivity contribution in [1.29, 1.82) is 0 Å². The summed E-state index contributed by atoms with van der Waals surface area (Å²) in [7, 11) is 0. The summed E-state index contributed by atoms with van der Waals surface area (Å²) in [6, 6.07) is 0. The van der Waals surface area contributed by atoms with Crippen molar-refractivity contribution < 1.29 is 4.79 Å². The van der Waals surface area contributed by atoms with Crippen LogP contribution in [0.5, 0.6) is 0 Å². The number of Topliss-reactive ketones (excluding diaryl/α,β-unsaturated/α-hetero) is 1. The molecule has 0 bridgehead atoms. The normalized spacial score (nSPS) is 10.2. The molecule has 1 rings (SSSR count). The van der Waals surface area contributed by atoms with E-state index in [-0.39, 0.29) is 5.78 Å². The van der Waals surface area contributed by atoms with E-state index in [0.717, 1.165) is 15.8 Å². The first-order chi connectivity index (χ1) is 5.75. The van der Waals surface area contributed by atoms with Gasteiger partial charge in [0.2, 0.25) is 0 Å². The maximum Gasteiger partial charge on any atom is 0.174 e. The van der Waals surface area contributed by atoms with E-state index in [1.54, 1.807) is 23.1 Å². The molecule has 0 aliphatic heterocycles. The fourth-order valence-corrected chi connectivity index (χ4v) is 2.82. The molecule has 0 saturated heterocycles. The molecule has 1 aromatic heterocycles. The number of halogens is 1. The molecule has 66 valence electrons. The molecule has 0 spiro atoms. The fourth-order valence-electron chi connectivity index (χ4n) is 0.753. The highest BCUT2D eigenvalue weighted by molar-refractivity contribution is 9.10. The number of hydrogen-bond acceptors (Lipinski definition) is 3. The summed E-state index contributed by atoms with van der Waals surface area (Å²) in [6.45, 7) is 2.06. The zero-order chi connectivity index (χ0) is 8.97. The molecule has 1 nitrogen and oxygen atoms in total. The van der Waals surface area contributed by atoms with Gasteiger partial charge in [-0.2, -0.15) is 23.1 Å². The van der Waals surface area contributed by atoms with E-state index in [0.29, 0.717) is 5.75 Å². The van der Waals surface area contributed by atoms with E-state index >= 15 is 0 Å². The van der Waals surface area contributed by atoms with Gasteiger partial charge in [0.25, 0.3) is 0 Å². The van der Waals surface area contributed by atoms with Gasteiger partial charge in [-0.25, -0.2) is 0 Å². The summed E-state index contributed by atoms with van der Waals surface area (Å²) in [5.41, 5.74) is 0.820. The maximum absolute atomic E-state index is 11.4. The maximum atomic E-state index is 11.4. The monoisotopic (exact) mass is 264 g/mol. The standard InChI is InChI=1S/C8H9BrOS2/c1-2-11-5-8(10)6-3-12-4-7(6)9/h3-4H,2,5H2,1H3. The second kappa shape index (κ2) is 5.04. The molecule has 0 fully saturated rings. The van der Waals surface area contributed by atoms with Crippen molar-refractivity contribution in [2.75, 3.05) is 11.5 Å². The van der Waals surface area contributed by atoms with Crippen molar-refractivity contribution in [2.45, 2.75) is 6.92 Å².